The van der Waals surface area contributed by atoms with Crippen LogP contribution in [0.1, 0.15) is 84.5 Å². The van der Waals surface area contributed by atoms with E-state index < -0.39 is 0 Å². The van der Waals surface area contributed by atoms with E-state index in [1.54, 1.807) is 0 Å². The van der Waals surface area contributed by atoms with E-state index in [2.05, 4.69) is 13.8 Å². The van der Waals surface area contributed by atoms with Crippen LogP contribution >= 0.6 is 0 Å². The molecule has 2 atom stereocenters. The first-order chi connectivity index (χ1) is 7.31. The molecule has 0 nitrogen and oxygen atoms in total. The third kappa shape index (κ3) is 12.5. The standard InChI is InChI=1S/C14H31As/c1-3-5-7-8-9-10-11-13-14(15)12-6-4-2/h14H,3-13,15H2,1-2H3. The maximum absolute atomic E-state index is 2.30. The molecule has 0 fully saturated rings. The molecule has 0 spiro atoms. The molecule has 0 aliphatic rings. The van der Waals surface area contributed by atoms with Crippen molar-refractivity contribution in [2.45, 2.75) is 89.2 Å². The molecule has 92 valence electrons. The molecule has 0 aliphatic heterocycles. The van der Waals surface area contributed by atoms with Crippen LogP contribution in [0.4, 0.5) is 0 Å². The summed E-state index contributed by atoms with van der Waals surface area (Å²) in [6, 6.07) is 0. The quantitative estimate of drug-likeness (QED) is 0.377. The molecule has 0 aliphatic carbocycles. The van der Waals surface area contributed by atoms with Gasteiger partial charge in [-0.15, -0.1) is 0 Å². The monoisotopic (exact) mass is 274 g/mol. The third-order valence-corrected chi connectivity index (χ3v) is 4.51. The van der Waals surface area contributed by atoms with Crippen LogP contribution in [0.5, 0.6) is 0 Å². The fourth-order valence-electron chi connectivity index (χ4n) is 1.97. The molecule has 0 bridgehead atoms. The van der Waals surface area contributed by atoms with Gasteiger partial charge in [0.1, 0.15) is 0 Å². The van der Waals surface area contributed by atoms with Crippen molar-refractivity contribution in [1.29, 1.82) is 0 Å². The topological polar surface area (TPSA) is 0 Å². The molecule has 0 N–H and O–H groups in total. The van der Waals surface area contributed by atoms with Crippen molar-refractivity contribution in [2.24, 2.45) is 0 Å². The minimum absolute atomic E-state index is 1.04. The Bertz CT molecular complexity index is 112. The van der Waals surface area contributed by atoms with Crippen LogP contribution in [0.25, 0.3) is 0 Å². The number of unbranched alkanes of at least 4 members (excludes halogenated alkanes) is 7. The Morgan fingerprint density at radius 1 is 0.667 bits per heavy atom. The van der Waals surface area contributed by atoms with Crippen molar-refractivity contribution in [2.75, 3.05) is 0 Å². The third-order valence-electron chi connectivity index (χ3n) is 3.11. The summed E-state index contributed by atoms with van der Waals surface area (Å²) in [4.78, 5) is 0. The second-order valence-corrected chi connectivity index (χ2v) is 6.79. The van der Waals surface area contributed by atoms with Crippen LogP contribution in [0, 0.1) is 0 Å². The molecule has 0 aromatic heterocycles. The Morgan fingerprint density at radius 2 is 1.13 bits per heavy atom. The molecule has 0 radical (unpaired) electrons. The fraction of sp³-hybridized carbons (Fsp3) is 1.00. The molecule has 15 heavy (non-hydrogen) atoms. The second kappa shape index (κ2) is 12.6. The Kier molecular flexibility index (Phi) is 13.1. The van der Waals surface area contributed by atoms with Crippen LogP contribution in [-0.2, 0) is 0 Å². The number of hydrogen-bond acceptors (Lipinski definition) is 0. The van der Waals surface area contributed by atoms with E-state index in [0.29, 0.717) is 0 Å². The molecule has 1 heteroatoms. The van der Waals surface area contributed by atoms with Crippen molar-refractivity contribution in [3.8, 4) is 0 Å². The molecule has 0 saturated heterocycles. The van der Waals surface area contributed by atoms with Crippen LogP contribution in [-0.4, -0.2) is 16.9 Å². The summed E-state index contributed by atoms with van der Waals surface area (Å²) in [5.41, 5.74) is 0. The predicted octanol–water partition coefficient (Wildman–Crippen LogP) is 4.74. The zero-order chi connectivity index (χ0) is 11.4. The maximum atomic E-state index is 2.30. The number of rotatable bonds is 11. The Labute approximate surface area is 106 Å². The molecule has 0 aromatic carbocycles. The minimum atomic E-state index is 1.04. The van der Waals surface area contributed by atoms with Gasteiger partial charge in [-0.05, 0) is 0 Å². The van der Waals surface area contributed by atoms with Crippen molar-refractivity contribution in [3.05, 3.63) is 0 Å². The van der Waals surface area contributed by atoms with Gasteiger partial charge in [0, 0.05) is 0 Å². The first-order valence-corrected chi connectivity index (χ1v) is 8.46. The molecule has 0 saturated carbocycles. The first-order valence-electron chi connectivity index (χ1n) is 7.06. The van der Waals surface area contributed by atoms with E-state index in [-0.39, 0.29) is 0 Å². The van der Waals surface area contributed by atoms with E-state index in [1.807, 2.05) is 16.9 Å². The molecule has 2 unspecified atom stereocenters. The van der Waals surface area contributed by atoms with Gasteiger partial charge < -0.3 is 0 Å². The van der Waals surface area contributed by atoms with Crippen LogP contribution in [0.15, 0.2) is 0 Å². The summed E-state index contributed by atoms with van der Waals surface area (Å²) in [7, 11) is 0. The van der Waals surface area contributed by atoms with Crippen LogP contribution in [0.2, 0.25) is 4.71 Å². The van der Waals surface area contributed by atoms with Crippen molar-refractivity contribution in [3.63, 3.8) is 0 Å². The number of hydrogen-bond donors (Lipinski definition) is 0. The van der Waals surface area contributed by atoms with E-state index >= 15 is 0 Å². The van der Waals surface area contributed by atoms with E-state index in [0.717, 1.165) is 4.71 Å². The zero-order valence-corrected chi connectivity index (χ0v) is 13.4. The van der Waals surface area contributed by atoms with E-state index in [1.165, 1.54) is 70.6 Å². The van der Waals surface area contributed by atoms with Gasteiger partial charge in [-0.3, -0.25) is 0 Å². The van der Waals surface area contributed by atoms with Gasteiger partial charge >= 0.3 is 106 Å². The molecule has 0 heterocycles. The summed E-state index contributed by atoms with van der Waals surface area (Å²) in [6.07, 6.45) is 16.0. The molecule has 0 rings (SSSR count). The van der Waals surface area contributed by atoms with Gasteiger partial charge in [0.15, 0.2) is 0 Å². The average molecular weight is 274 g/mol. The van der Waals surface area contributed by atoms with Gasteiger partial charge in [0.25, 0.3) is 0 Å². The van der Waals surface area contributed by atoms with Gasteiger partial charge in [-0.2, -0.15) is 0 Å². The Balaban J connectivity index is 3.02. The predicted molar refractivity (Wildman–Crippen MR) is 74.4 cm³/mol. The average Bonchev–Trinajstić information content (AvgIpc) is 2.25. The molecular formula is C14H31As. The summed E-state index contributed by atoms with van der Waals surface area (Å²) in [5.74, 6) is 0. The van der Waals surface area contributed by atoms with Crippen molar-refractivity contribution >= 4 is 16.9 Å². The summed E-state index contributed by atoms with van der Waals surface area (Å²) in [5, 5.41) is 0. The normalized spacial score (nSPS) is 13.0. The SMILES string of the molecule is CCCCCCCCCC([AsH2])CCCC. The van der Waals surface area contributed by atoms with Gasteiger partial charge in [-0.1, -0.05) is 0 Å². The summed E-state index contributed by atoms with van der Waals surface area (Å²) >= 11 is 1.97. The first kappa shape index (κ1) is 15.6. The van der Waals surface area contributed by atoms with Gasteiger partial charge in [0.2, 0.25) is 0 Å². The molecular weight excluding hydrogens is 243 g/mol. The van der Waals surface area contributed by atoms with Crippen molar-refractivity contribution < 1.29 is 0 Å². The summed E-state index contributed by atoms with van der Waals surface area (Å²) in [6.45, 7) is 4.59. The summed E-state index contributed by atoms with van der Waals surface area (Å²) < 4.78 is 1.04. The molecule has 0 aromatic rings. The molecule has 0 amide bonds. The van der Waals surface area contributed by atoms with Gasteiger partial charge in [0.05, 0.1) is 0 Å². The van der Waals surface area contributed by atoms with E-state index in [9.17, 15) is 0 Å². The van der Waals surface area contributed by atoms with Crippen LogP contribution in [0.3, 0.4) is 0 Å². The fourth-order valence-corrected chi connectivity index (χ4v) is 2.96. The Hall–Kier alpha value is 0.558. The Morgan fingerprint density at radius 3 is 1.73 bits per heavy atom. The second-order valence-electron chi connectivity index (χ2n) is 4.81. The van der Waals surface area contributed by atoms with Gasteiger partial charge in [-0.25, -0.2) is 0 Å². The zero-order valence-electron chi connectivity index (χ0n) is 10.9. The van der Waals surface area contributed by atoms with Crippen molar-refractivity contribution in [1.82, 2.24) is 0 Å². The van der Waals surface area contributed by atoms with Crippen LogP contribution < -0.4 is 0 Å². The van der Waals surface area contributed by atoms with E-state index in [4.69, 9.17) is 0 Å².